The highest BCUT2D eigenvalue weighted by Gasteiger charge is 2.45. The van der Waals surface area contributed by atoms with E-state index in [1.165, 1.54) is 0 Å². The fourth-order valence-corrected chi connectivity index (χ4v) is 5.36. The summed E-state index contributed by atoms with van der Waals surface area (Å²) >= 11 is 0. The van der Waals surface area contributed by atoms with Crippen molar-refractivity contribution in [2.24, 2.45) is 7.05 Å². The van der Waals surface area contributed by atoms with Gasteiger partial charge in [-0.15, -0.1) is 0 Å². The Bertz CT molecular complexity index is 1420. The molecule has 2 aromatic heterocycles. The number of aryl methyl sites for hydroxylation is 1. The number of aromatic nitrogens is 3. The molecule has 4 heterocycles. The first-order valence-electron chi connectivity index (χ1n) is 10.8. The molecule has 6 rings (SSSR count). The van der Waals surface area contributed by atoms with Crippen molar-refractivity contribution in [2.75, 3.05) is 0 Å². The molecule has 0 N–H and O–H groups in total. The van der Waals surface area contributed by atoms with Crippen molar-refractivity contribution in [3.05, 3.63) is 82.9 Å². The van der Waals surface area contributed by atoms with Crippen molar-refractivity contribution < 1.29 is 18.0 Å². The monoisotopic (exact) mass is 448 g/mol. The van der Waals surface area contributed by atoms with Crippen molar-refractivity contribution in [3.63, 3.8) is 0 Å². The average Bonchev–Trinajstić information content (AvgIpc) is 3.32. The molecule has 166 valence electrons. The van der Waals surface area contributed by atoms with E-state index in [0.29, 0.717) is 17.7 Å². The van der Waals surface area contributed by atoms with Gasteiger partial charge in [-0.2, -0.15) is 5.10 Å². The van der Waals surface area contributed by atoms with Crippen LogP contribution >= 0.6 is 0 Å². The molecule has 33 heavy (non-hydrogen) atoms. The third-order valence-corrected chi connectivity index (χ3v) is 6.78. The van der Waals surface area contributed by atoms with E-state index < -0.39 is 17.5 Å². The van der Waals surface area contributed by atoms with Crippen molar-refractivity contribution in [3.8, 4) is 11.3 Å². The summed E-state index contributed by atoms with van der Waals surface area (Å²) in [6.07, 6.45) is 3.82. The van der Waals surface area contributed by atoms with E-state index in [1.807, 2.05) is 29.2 Å². The maximum Gasteiger partial charge on any atom is 0.254 e. The zero-order valence-corrected chi connectivity index (χ0v) is 17.7. The van der Waals surface area contributed by atoms with Gasteiger partial charge >= 0.3 is 0 Å². The third kappa shape index (κ3) is 2.97. The van der Waals surface area contributed by atoms with E-state index in [0.717, 1.165) is 47.1 Å². The second kappa shape index (κ2) is 7.16. The predicted molar refractivity (Wildman–Crippen MR) is 116 cm³/mol. The number of nitrogens with zero attached hydrogens (tertiary/aromatic N) is 4. The molecule has 0 radical (unpaired) electrons. The number of hydrogen-bond donors (Lipinski definition) is 0. The number of halogens is 3. The van der Waals surface area contributed by atoms with Crippen LogP contribution in [0.15, 0.2) is 48.7 Å². The largest absolute Gasteiger partial charge is 0.327 e. The maximum absolute atomic E-state index is 13.9. The molecule has 0 aliphatic carbocycles. The maximum atomic E-state index is 13.9. The van der Waals surface area contributed by atoms with E-state index in [4.69, 9.17) is 0 Å². The Labute approximate surface area is 187 Å². The predicted octanol–water partition coefficient (Wildman–Crippen LogP) is 4.95. The lowest BCUT2D eigenvalue weighted by molar-refractivity contribution is 0.0642. The number of carbonyl (C=O) groups excluding carboxylic acids is 1. The second-order valence-corrected chi connectivity index (χ2v) is 8.66. The van der Waals surface area contributed by atoms with E-state index in [9.17, 15) is 18.0 Å². The summed E-state index contributed by atoms with van der Waals surface area (Å²) in [5.74, 6) is -4.02. The van der Waals surface area contributed by atoms with Gasteiger partial charge in [0.1, 0.15) is 0 Å². The van der Waals surface area contributed by atoms with Crippen LogP contribution < -0.4 is 0 Å². The lowest BCUT2D eigenvalue weighted by atomic mass is 9.94. The Morgan fingerprint density at radius 1 is 1.06 bits per heavy atom. The molecule has 2 aliphatic rings. The summed E-state index contributed by atoms with van der Waals surface area (Å²) in [4.78, 5) is 19.7. The molecule has 0 saturated carbocycles. The smallest absolute Gasteiger partial charge is 0.254 e. The highest BCUT2D eigenvalue weighted by atomic mass is 19.2. The van der Waals surface area contributed by atoms with Crippen LogP contribution in [0.3, 0.4) is 0 Å². The lowest BCUT2D eigenvalue weighted by Crippen LogP contribution is -2.41. The molecule has 0 spiro atoms. The molecule has 2 bridgehead atoms. The summed E-state index contributed by atoms with van der Waals surface area (Å²) < 4.78 is 42.9. The highest BCUT2D eigenvalue weighted by molar-refractivity contribution is 5.98. The number of rotatable bonds is 2. The summed E-state index contributed by atoms with van der Waals surface area (Å²) in [7, 11) is 1.70. The van der Waals surface area contributed by atoms with Crippen molar-refractivity contribution in [1.82, 2.24) is 19.7 Å². The Hall–Kier alpha value is -3.68. The standard InChI is InChI=1S/C25H19F3N4O/c1-31-24(15-10-18(26)22(28)19(27)11-15)17-12-16-5-7-21(23(17)30-31)32(16)25(33)14-4-6-20-13(9-14)3-2-8-29-20/h2-4,6,8-11,16,21H,5,7,12H2,1H3/t16-,21+/m0/s1. The molecule has 5 nitrogen and oxygen atoms in total. The fourth-order valence-electron chi connectivity index (χ4n) is 5.36. The van der Waals surface area contributed by atoms with Crippen LogP contribution in [0.25, 0.3) is 22.2 Å². The molecule has 2 atom stereocenters. The molecule has 4 aromatic rings. The van der Waals surface area contributed by atoms with E-state index >= 15 is 0 Å². The van der Waals surface area contributed by atoms with Gasteiger partial charge in [0.15, 0.2) is 17.5 Å². The number of benzene rings is 2. The first kappa shape index (κ1) is 20.0. The quantitative estimate of drug-likeness (QED) is 0.408. The van der Waals surface area contributed by atoms with Gasteiger partial charge in [0.2, 0.25) is 0 Å². The summed E-state index contributed by atoms with van der Waals surface area (Å²) in [6.45, 7) is 0. The highest BCUT2D eigenvalue weighted by Crippen LogP contribution is 2.46. The van der Waals surface area contributed by atoms with E-state index in [-0.39, 0.29) is 23.6 Å². The van der Waals surface area contributed by atoms with Crippen LogP contribution in [0.1, 0.15) is 40.5 Å². The van der Waals surface area contributed by atoms with Gasteiger partial charge in [0.05, 0.1) is 22.9 Å². The molecule has 1 fully saturated rings. The molecule has 0 unspecified atom stereocenters. The van der Waals surface area contributed by atoms with Gasteiger partial charge in [0.25, 0.3) is 5.91 Å². The van der Waals surface area contributed by atoms with Crippen molar-refractivity contribution in [2.45, 2.75) is 31.3 Å². The zero-order valence-electron chi connectivity index (χ0n) is 17.7. The SMILES string of the molecule is Cn1nc2c(c1-c1cc(F)c(F)c(F)c1)C[C@@H]1CC[C@H]2N1C(=O)c1ccc2ncccc2c1. The molecular weight excluding hydrogens is 429 g/mol. The van der Waals surface area contributed by atoms with Crippen LogP contribution in [0, 0.1) is 17.5 Å². The third-order valence-electron chi connectivity index (χ3n) is 6.78. The minimum Gasteiger partial charge on any atom is -0.327 e. The van der Waals surface area contributed by atoms with Gasteiger partial charge in [-0.05, 0) is 55.7 Å². The first-order chi connectivity index (χ1) is 15.9. The molecular formula is C25H19F3N4O. The average molecular weight is 448 g/mol. The lowest BCUT2D eigenvalue weighted by Gasteiger charge is -2.34. The second-order valence-electron chi connectivity index (χ2n) is 8.66. The summed E-state index contributed by atoms with van der Waals surface area (Å²) in [5.41, 5.74) is 3.82. The minimum atomic E-state index is -1.49. The Morgan fingerprint density at radius 3 is 2.64 bits per heavy atom. The van der Waals surface area contributed by atoms with Gasteiger partial charge < -0.3 is 4.90 Å². The normalized spacial score (nSPS) is 19.2. The van der Waals surface area contributed by atoms with Gasteiger partial charge in [-0.3, -0.25) is 14.5 Å². The number of fused-ring (bicyclic) bond motifs is 5. The Morgan fingerprint density at radius 2 is 1.85 bits per heavy atom. The van der Waals surface area contributed by atoms with Crippen molar-refractivity contribution >= 4 is 16.8 Å². The topological polar surface area (TPSA) is 51.0 Å². The number of carbonyl (C=O) groups is 1. The van der Waals surface area contributed by atoms with Gasteiger partial charge in [0, 0.05) is 41.4 Å². The van der Waals surface area contributed by atoms with Crippen LogP contribution in [-0.2, 0) is 13.5 Å². The van der Waals surface area contributed by atoms with Gasteiger partial charge in [-0.1, -0.05) is 6.07 Å². The van der Waals surface area contributed by atoms with Crippen LogP contribution in [0.5, 0.6) is 0 Å². The number of pyridine rings is 1. The molecule has 2 aliphatic heterocycles. The van der Waals surface area contributed by atoms with E-state index in [1.54, 1.807) is 24.0 Å². The Balaban J connectivity index is 1.40. The minimum absolute atomic E-state index is 0.0438. The molecule has 1 saturated heterocycles. The zero-order chi connectivity index (χ0) is 22.9. The van der Waals surface area contributed by atoms with Crippen molar-refractivity contribution in [1.29, 1.82) is 0 Å². The molecule has 8 heteroatoms. The van der Waals surface area contributed by atoms with Crippen LogP contribution in [0.2, 0.25) is 0 Å². The molecule has 1 amide bonds. The number of amides is 1. The van der Waals surface area contributed by atoms with Gasteiger partial charge in [-0.25, -0.2) is 13.2 Å². The number of hydrogen-bond acceptors (Lipinski definition) is 3. The fraction of sp³-hybridized carbons (Fsp3) is 0.240. The molecule has 2 aromatic carbocycles. The van der Waals surface area contributed by atoms with E-state index in [2.05, 4.69) is 10.1 Å². The first-order valence-corrected chi connectivity index (χ1v) is 10.8. The summed E-state index contributed by atoms with van der Waals surface area (Å²) in [5, 5.41) is 5.54. The summed E-state index contributed by atoms with van der Waals surface area (Å²) in [6, 6.07) is 11.0. The van der Waals surface area contributed by atoms with Crippen LogP contribution in [0.4, 0.5) is 13.2 Å². The Kier molecular flexibility index (Phi) is 4.33. The van der Waals surface area contributed by atoms with Crippen LogP contribution in [-0.4, -0.2) is 31.6 Å².